The van der Waals surface area contributed by atoms with E-state index < -0.39 is 5.91 Å². The van der Waals surface area contributed by atoms with E-state index in [1.807, 2.05) is 0 Å². The predicted octanol–water partition coefficient (Wildman–Crippen LogP) is 1.56. The van der Waals surface area contributed by atoms with Gasteiger partial charge in [0.05, 0.1) is 11.1 Å². The Morgan fingerprint density at radius 3 is 2.35 bits per heavy atom. The Hall–Kier alpha value is -1.84. The molecule has 0 spiro atoms. The highest BCUT2D eigenvalue weighted by atomic mass is 16.2. The van der Waals surface area contributed by atoms with Crippen LogP contribution in [0, 0.1) is 5.92 Å². The van der Waals surface area contributed by atoms with Crippen LogP contribution in [-0.4, -0.2) is 18.4 Å². The van der Waals surface area contributed by atoms with Crippen LogP contribution in [0.2, 0.25) is 0 Å². The van der Waals surface area contributed by atoms with Gasteiger partial charge in [0.15, 0.2) is 0 Å². The summed E-state index contributed by atoms with van der Waals surface area (Å²) in [6, 6.07) is 6.55. The standard InChI is InChI=1S/C13H18N2O2/c1-9(2)7-8-15-13(17)11-6-4-3-5-10(11)12(14)16/h3-6,9H,7-8H2,1-2H3,(H2,14,16)(H,15,17). The molecule has 0 unspecified atom stereocenters. The van der Waals surface area contributed by atoms with E-state index in [1.54, 1.807) is 24.3 Å². The van der Waals surface area contributed by atoms with Crippen LogP contribution in [0.1, 0.15) is 41.0 Å². The Morgan fingerprint density at radius 1 is 1.24 bits per heavy atom. The predicted molar refractivity (Wildman–Crippen MR) is 66.7 cm³/mol. The average molecular weight is 234 g/mol. The first-order chi connectivity index (χ1) is 8.02. The van der Waals surface area contributed by atoms with Gasteiger partial charge in [-0.05, 0) is 24.5 Å². The molecular weight excluding hydrogens is 216 g/mol. The minimum atomic E-state index is -0.584. The van der Waals surface area contributed by atoms with Crippen molar-refractivity contribution in [2.24, 2.45) is 11.7 Å². The zero-order chi connectivity index (χ0) is 12.8. The molecule has 0 radical (unpaired) electrons. The van der Waals surface area contributed by atoms with Gasteiger partial charge in [0, 0.05) is 6.54 Å². The average Bonchev–Trinajstić information content (AvgIpc) is 2.28. The van der Waals surface area contributed by atoms with Crippen molar-refractivity contribution in [3.63, 3.8) is 0 Å². The molecule has 92 valence electrons. The summed E-state index contributed by atoms with van der Waals surface area (Å²) in [6.45, 7) is 4.77. The second-order valence-corrected chi connectivity index (χ2v) is 4.35. The molecule has 1 aromatic rings. The van der Waals surface area contributed by atoms with E-state index in [9.17, 15) is 9.59 Å². The topological polar surface area (TPSA) is 72.2 Å². The third-order valence-electron chi connectivity index (χ3n) is 2.44. The first-order valence-corrected chi connectivity index (χ1v) is 5.69. The zero-order valence-electron chi connectivity index (χ0n) is 10.2. The lowest BCUT2D eigenvalue weighted by atomic mass is 10.1. The minimum Gasteiger partial charge on any atom is -0.366 e. The van der Waals surface area contributed by atoms with Crippen LogP contribution in [0.5, 0.6) is 0 Å². The Bertz CT molecular complexity index is 414. The number of amides is 2. The van der Waals surface area contributed by atoms with Crippen molar-refractivity contribution in [2.45, 2.75) is 20.3 Å². The largest absolute Gasteiger partial charge is 0.366 e. The van der Waals surface area contributed by atoms with Crippen molar-refractivity contribution >= 4 is 11.8 Å². The molecule has 2 amide bonds. The fourth-order valence-electron chi connectivity index (χ4n) is 1.47. The van der Waals surface area contributed by atoms with Gasteiger partial charge in [-0.1, -0.05) is 26.0 Å². The van der Waals surface area contributed by atoms with Crippen molar-refractivity contribution in [3.8, 4) is 0 Å². The number of hydrogen-bond donors (Lipinski definition) is 2. The summed E-state index contributed by atoms with van der Waals surface area (Å²) in [5, 5.41) is 2.78. The molecule has 4 nitrogen and oxygen atoms in total. The van der Waals surface area contributed by atoms with Gasteiger partial charge in [0.2, 0.25) is 5.91 Å². The second-order valence-electron chi connectivity index (χ2n) is 4.35. The molecule has 1 rings (SSSR count). The molecule has 0 bridgehead atoms. The summed E-state index contributed by atoms with van der Waals surface area (Å²) >= 11 is 0. The molecule has 0 saturated heterocycles. The lowest BCUT2D eigenvalue weighted by molar-refractivity contribution is 0.0934. The van der Waals surface area contributed by atoms with Crippen LogP contribution >= 0.6 is 0 Å². The summed E-state index contributed by atoms with van der Waals surface area (Å²) in [4.78, 5) is 23.0. The number of carbonyl (C=O) groups is 2. The highest BCUT2D eigenvalue weighted by molar-refractivity contribution is 6.06. The lowest BCUT2D eigenvalue weighted by Crippen LogP contribution is -2.28. The van der Waals surface area contributed by atoms with E-state index in [-0.39, 0.29) is 11.5 Å². The molecule has 0 aliphatic carbocycles. The number of rotatable bonds is 5. The fourth-order valence-corrected chi connectivity index (χ4v) is 1.47. The second kappa shape index (κ2) is 6.03. The molecule has 1 aromatic carbocycles. The van der Waals surface area contributed by atoms with Crippen molar-refractivity contribution < 1.29 is 9.59 Å². The molecule has 0 aliphatic heterocycles. The smallest absolute Gasteiger partial charge is 0.252 e. The SMILES string of the molecule is CC(C)CCNC(=O)c1ccccc1C(N)=O. The summed E-state index contributed by atoms with van der Waals surface area (Å²) in [6.07, 6.45) is 0.907. The molecule has 0 aromatic heterocycles. The monoisotopic (exact) mass is 234 g/mol. The van der Waals surface area contributed by atoms with Gasteiger partial charge < -0.3 is 11.1 Å². The zero-order valence-corrected chi connectivity index (χ0v) is 10.2. The maximum atomic E-state index is 11.8. The quantitative estimate of drug-likeness (QED) is 0.811. The highest BCUT2D eigenvalue weighted by Gasteiger charge is 2.13. The van der Waals surface area contributed by atoms with Crippen molar-refractivity contribution in [3.05, 3.63) is 35.4 Å². The fraction of sp³-hybridized carbons (Fsp3) is 0.385. The summed E-state index contributed by atoms with van der Waals surface area (Å²) < 4.78 is 0. The van der Waals surface area contributed by atoms with Crippen molar-refractivity contribution in [2.75, 3.05) is 6.54 Å². The number of benzene rings is 1. The van der Waals surface area contributed by atoms with E-state index in [2.05, 4.69) is 19.2 Å². The molecule has 0 aliphatic rings. The molecular formula is C13H18N2O2. The first-order valence-electron chi connectivity index (χ1n) is 5.69. The molecule has 0 saturated carbocycles. The van der Waals surface area contributed by atoms with Gasteiger partial charge in [-0.15, -0.1) is 0 Å². The van der Waals surface area contributed by atoms with E-state index in [0.29, 0.717) is 18.0 Å². The van der Waals surface area contributed by atoms with Crippen LogP contribution < -0.4 is 11.1 Å². The Labute approximate surface area is 101 Å². The van der Waals surface area contributed by atoms with Crippen LogP contribution in [0.25, 0.3) is 0 Å². The van der Waals surface area contributed by atoms with Gasteiger partial charge >= 0.3 is 0 Å². The third kappa shape index (κ3) is 3.90. The Balaban J connectivity index is 2.72. The number of nitrogens with one attached hydrogen (secondary N) is 1. The molecule has 0 atom stereocenters. The number of nitrogens with two attached hydrogens (primary N) is 1. The first kappa shape index (κ1) is 13.2. The Kier molecular flexibility index (Phi) is 4.69. The van der Waals surface area contributed by atoms with Crippen LogP contribution in [0.3, 0.4) is 0 Å². The maximum Gasteiger partial charge on any atom is 0.252 e. The van der Waals surface area contributed by atoms with E-state index in [4.69, 9.17) is 5.73 Å². The van der Waals surface area contributed by atoms with Gasteiger partial charge in [-0.25, -0.2) is 0 Å². The number of primary amides is 1. The van der Waals surface area contributed by atoms with Crippen LogP contribution in [-0.2, 0) is 0 Å². The molecule has 17 heavy (non-hydrogen) atoms. The van der Waals surface area contributed by atoms with Crippen LogP contribution in [0.15, 0.2) is 24.3 Å². The van der Waals surface area contributed by atoms with Crippen molar-refractivity contribution in [1.82, 2.24) is 5.32 Å². The minimum absolute atomic E-state index is 0.250. The normalized spacial score (nSPS) is 10.3. The Morgan fingerprint density at radius 2 is 1.82 bits per heavy atom. The molecule has 4 heteroatoms. The van der Waals surface area contributed by atoms with E-state index in [0.717, 1.165) is 6.42 Å². The van der Waals surface area contributed by atoms with Crippen LogP contribution in [0.4, 0.5) is 0 Å². The number of hydrogen-bond acceptors (Lipinski definition) is 2. The third-order valence-corrected chi connectivity index (χ3v) is 2.44. The van der Waals surface area contributed by atoms with Gasteiger partial charge in [0.1, 0.15) is 0 Å². The van der Waals surface area contributed by atoms with Crippen molar-refractivity contribution in [1.29, 1.82) is 0 Å². The molecule has 0 heterocycles. The highest BCUT2D eigenvalue weighted by Crippen LogP contribution is 2.08. The molecule has 3 N–H and O–H groups in total. The summed E-state index contributed by atoms with van der Waals surface area (Å²) in [7, 11) is 0. The summed E-state index contributed by atoms with van der Waals surface area (Å²) in [5.41, 5.74) is 5.81. The van der Waals surface area contributed by atoms with E-state index in [1.165, 1.54) is 0 Å². The molecule has 0 fully saturated rings. The summed E-state index contributed by atoms with van der Waals surface area (Å²) in [5.74, 6) is -0.304. The number of carbonyl (C=O) groups excluding carboxylic acids is 2. The maximum absolute atomic E-state index is 11.8. The van der Waals surface area contributed by atoms with Gasteiger partial charge in [-0.2, -0.15) is 0 Å². The van der Waals surface area contributed by atoms with Gasteiger partial charge in [-0.3, -0.25) is 9.59 Å². The van der Waals surface area contributed by atoms with Gasteiger partial charge in [0.25, 0.3) is 5.91 Å². The lowest BCUT2D eigenvalue weighted by Gasteiger charge is -2.09. The van der Waals surface area contributed by atoms with E-state index >= 15 is 0 Å².